The molecule has 1 N–H and O–H groups in total. The van der Waals surface area contributed by atoms with Gasteiger partial charge in [0.15, 0.2) is 0 Å². The van der Waals surface area contributed by atoms with Gasteiger partial charge in [0.2, 0.25) is 10.0 Å². The van der Waals surface area contributed by atoms with E-state index in [1.807, 2.05) is 19.1 Å². The molecule has 0 aliphatic carbocycles. The molecule has 0 atom stereocenters. The smallest absolute Gasteiger partial charge is 0.242 e. The molecule has 0 amide bonds. The molecule has 0 aliphatic rings. The summed E-state index contributed by atoms with van der Waals surface area (Å²) in [6.45, 7) is 1.96. The molecule has 3 rings (SSSR count). The summed E-state index contributed by atoms with van der Waals surface area (Å²) in [6.07, 6.45) is 3.41. The highest BCUT2D eigenvalue weighted by Crippen LogP contribution is 2.30. The van der Waals surface area contributed by atoms with E-state index in [9.17, 15) is 8.42 Å². The van der Waals surface area contributed by atoms with Crippen molar-refractivity contribution in [3.8, 4) is 10.6 Å². The summed E-state index contributed by atoms with van der Waals surface area (Å²) in [7, 11) is -3.78. The number of sulfonamides is 1. The lowest BCUT2D eigenvalue weighted by atomic mass is 10.3. The molecule has 9 heteroatoms. The van der Waals surface area contributed by atoms with Crippen LogP contribution >= 0.6 is 34.5 Å². The van der Waals surface area contributed by atoms with Crippen molar-refractivity contribution in [2.75, 3.05) is 0 Å². The maximum Gasteiger partial charge on any atom is 0.242 e. The van der Waals surface area contributed by atoms with Crippen molar-refractivity contribution >= 4 is 44.6 Å². The van der Waals surface area contributed by atoms with Gasteiger partial charge in [0.1, 0.15) is 9.90 Å². The molecule has 0 unspecified atom stereocenters. The fourth-order valence-corrected chi connectivity index (χ4v) is 4.97. The standard InChI is InChI=1S/C16H13Cl2N3O2S2/c1-10-13(24-16(21-10)11-4-3-7-19-8-11)9-20-25(22,23)14-6-2-5-12(17)15(14)18/h2-8,20H,9H2,1H3. The summed E-state index contributed by atoms with van der Waals surface area (Å²) < 4.78 is 27.5. The molecular weight excluding hydrogens is 401 g/mol. The molecule has 0 saturated heterocycles. The second-order valence-electron chi connectivity index (χ2n) is 5.15. The fraction of sp³-hybridized carbons (Fsp3) is 0.125. The van der Waals surface area contributed by atoms with Gasteiger partial charge in [-0.1, -0.05) is 29.3 Å². The number of thiazole rings is 1. The van der Waals surface area contributed by atoms with Crippen LogP contribution in [0.25, 0.3) is 10.6 Å². The van der Waals surface area contributed by atoms with Gasteiger partial charge in [-0.25, -0.2) is 18.1 Å². The Bertz CT molecular complexity index is 1010. The van der Waals surface area contributed by atoms with Gasteiger partial charge in [-0.3, -0.25) is 4.98 Å². The number of aryl methyl sites for hydroxylation is 1. The van der Waals surface area contributed by atoms with Gasteiger partial charge in [-0.05, 0) is 31.2 Å². The third kappa shape index (κ3) is 4.02. The molecule has 5 nitrogen and oxygen atoms in total. The Morgan fingerprint density at radius 1 is 1.20 bits per heavy atom. The molecule has 0 fully saturated rings. The largest absolute Gasteiger partial charge is 0.264 e. The first-order valence-electron chi connectivity index (χ1n) is 7.19. The van der Waals surface area contributed by atoms with Gasteiger partial charge >= 0.3 is 0 Å². The number of hydrogen-bond acceptors (Lipinski definition) is 5. The van der Waals surface area contributed by atoms with Crippen molar-refractivity contribution in [3.63, 3.8) is 0 Å². The molecule has 2 heterocycles. The minimum Gasteiger partial charge on any atom is -0.264 e. The fourth-order valence-electron chi connectivity index (χ4n) is 2.13. The molecule has 25 heavy (non-hydrogen) atoms. The molecule has 0 saturated carbocycles. The molecule has 3 aromatic rings. The number of hydrogen-bond donors (Lipinski definition) is 1. The Kier molecular flexibility index (Phi) is 5.41. The van der Waals surface area contributed by atoms with E-state index in [4.69, 9.17) is 23.2 Å². The van der Waals surface area contributed by atoms with Crippen LogP contribution in [0.5, 0.6) is 0 Å². The normalized spacial score (nSPS) is 11.6. The van der Waals surface area contributed by atoms with Crippen molar-refractivity contribution in [1.82, 2.24) is 14.7 Å². The number of nitrogens with zero attached hydrogens (tertiary/aromatic N) is 2. The zero-order valence-electron chi connectivity index (χ0n) is 13.0. The van der Waals surface area contributed by atoms with Gasteiger partial charge in [-0.15, -0.1) is 11.3 Å². The van der Waals surface area contributed by atoms with Crippen LogP contribution < -0.4 is 4.72 Å². The van der Waals surface area contributed by atoms with E-state index >= 15 is 0 Å². The molecule has 0 radical (unpaired) electrons. The Labute approximate surface area is 159 Å². The molecule has 0 bridgehead atoms. The summed E-state index contributed by atoms with van der Waals surface area (Å²) in [4.78, 5) is 9.33. The van der Waals surface area contributed by atoms with Crippen LogP contribution in [0.3, 0.4) is 0 Å². The maximum absolute atomic E-state index is 12.5. The monoisotopic (exact) mass is 413 g/mol. The number of aromatic nitrogens is 2. The van der Waals surface area contributed by atoms with Crippen LogP contribution in [0, 0.1) is 6.92 Å². The zero-order chi connectivity index (χ0) is 18.0. The van der Waals surface area contributed by atoms with Crippen molar-refractivity contribution in [1.29, 1.82) is 0 Å². The maximum atomic E-state index is 12.5. The van der Waals surface area contributed by atoms with Crippen LogP contribution in [0.15, 0.2) is 47.6 Å². The summed E-state index contributed by atoms with van der Waals surface area (Å²) in [5, 5.41) is 0.992. The predicted molar refractivity (Wildman–Crippen MR) is 101 cm³/mol. The highest BCUT2D eigenvalue weighted by Gasteiger charge is 2.20. The lowest BCUT2D eigenvalue weighted by Crippen LogP contribution is -2.23. The van der Waals surface area contributed by atoms with E-state index in [1.54, 1.807) is 18.5 Å². The number of rotatable bonds is 5. The third-order valence-corrected chi connectivity index (χ3v) is 7.01. The van der Waals surface area contributed by atoms with Crippen LogP contribution in [-0.2, 0) is 16.6 Å². The topological polar surface area (TPSA) is 72.0 Å². The average Bonchev–Trinajstić information content (AvgIpc) is 2.97. The third-order valence-electron chi connectivity index (χ3n) is 3.43. The lowest BCUT2D eigenvalue weighted by molar-refractivity contribution is 0.581. The summed E-state index contributed by atoms with van der Waals surface area (Å²) >= 11 is 13.3. The lowest BCUT2D eigenvalue weighted by Gasteiger charge is -2.08. The number of pyridine rings is 1. The van der Waals surface area contributed by atoms with E-state index in [-0.39, 0.29) is 21.5 Å². The second-order valence-corrected chi connectivity index (χ2v) is 8.75. The molecule has 130 valence electrons. The van der Waals surface area contributed by atoms with Crippen molar-refractivity contribution in [2.45, 2.75) is 18.4 Å². The summed E-state index contributed by atoms with van der Waals surface area (Å²) in [5.41, 5.74) is 1.66. The Morgan fingerprint density at radius 2 is 2.00 bits per heavy atom. The van der Waals surface area contributed by atoms with Crippen LogP contribution in [0.4, 0.5) is 0 Å². The van der Waals surface area contributed by atoms with Crippen LogP contribution in [-0.4, -0.2) is 18.4 Å². The van der Waals surface area contributed by atoms with Crippen molar-refractivity contribution < 1.29 is 8.42 Å². The van der Waals surface area contributed by atoms with E-state index < -0.39 is 10.0 Å². The second kappa shape index (κ2) is 7.39. The number of halogens is 2. The van der Waals surface area contributed by atoms with Crippen LogP contribution in [0.2, 0.25) is 10.0 Å². The first kappa shape index (κ1) is 18.3. The Balaban J connectivity index is 1.82. The molecule has 2 aromatic heterocycles. The van der Waals surface area contributed by atoms with Gasteiger partial charge in [0.05, 0.1) is 15.7 Å². The van der Waals surface area contributed by atoms with Gasteiger partial charge in [0, 0.05) is 29.4 Å². The Hall–Kier alpha value is -1.51. The van der Waals surface area contributed by atoms with E-state index in [1.165, 1.54) is 23.5 Å². The van der Waals surface area contributed by atoms with Gasteiger partial charge < -0.3 is 0 Å². The zero-order valence-corrected chi connectivity index (χ0v) is 16.2. The van der Waals surface area contributed by atoms with Gasteiger partial charge in [-0.2, -0.15) is 0 Å². The molecular formula is C16H13Cl2N3O2S2. The number of nitrogens with one attached hydrogen (secondary N) is 1. The van der Waals surface area contributed by atoms with Crippen molar-refractivity contribution in [2.24, 2.45) is 0 Å². The molecule has 0 aliphatic heterocycles. The summed E-state index contributed by atoms with van der Waals surface area (Å²) in [6, 6.07) is 8.23. The van der Waals surface area contributed by atoms with E-state index in [0.29, 0.717) is 0 Å². The average molecular weight is 414 g/mol. The van der Waals surface area contributed by atoms with Crippen molar-refractivity contribution in [3.05, 3.63) is 63.3 Å². The first-order valence-corrected chi connectivity index (χ1v) is 10.2. The molecule has 1 aromatic carbocycles. The van der Waals surface area contributed by atoms with Gasteiger partial charge in [0.25, 0.3) is 0 Å². The quantitative estimate of drug-likeness (QED) is 0.676. The first-order chi connectivity index (χ1) is 11.9. The SMILES string of the molecule is Cc1nc(-c2cccnc2)sc1CNS(=O)(=O)c1cccc(Cl)c1Cl. The molecule has 0 spiro atoms. The Morgan fingerprint density at radius 3 is 2.72 bits per heavy atom. The number of benzene rings is 1. The minimum absolute atomic E-state index is 0.00809. The van der Waals surface area contributed by atoms with E-state index in [2.05, 4.69) is 14.7 Å². The highest BCUT2D eigenvalue weighted by atomic mass is 35.5. The minimum atomic E-state index is -3.78. The van der Waals surface area contributed by atoms with Crippen LogP contribution in [0.1, 0.15) is 10.6 Å². The van der Waals surface area contributed by atoms with E-state index in [0.717, 1.165) is 21.1 Å². The summed E-state index contributed by atoms with van der Waals surface area (Å²) in [5.74, 6) is 0. The predicted octanol–water partition coefficient (Wildman–Crippen LogP) is 4.30. The highest BCUT2D eigenvalue weighted by molar-refractivity contribution is 7.89.